The first-order chi connectivity index (χ1) is 13.6. The first-order valence-electron chi connectivity index (χ1n) is 9.95. The summed E-state index contributed by atoms with van der Waals surface area (Å²) >= 11 is 0. The van der Waals surface area contributed by atoms with Crippen molar-refractivity contribution in [1.82, 2.24) is 15.1 Å². The highest BCUT2D eigenvalue weighted by molar-refractivity contribution is 5.95. The lowest BCUT2D eigenvalue weighted by Gasteiger charge is -2.40. The van der Waals surface area contributed by atoms with Crippen molar-refractivity contribution in [1.29, 1.82) is 0 Å². The number of nitrogens with one attached hydrogen (secondary N) is 1. The number of methoxy groups -OCH3 is 1. The lowest BCUT2D eigenvalue weighted by molar-refractivity contribution is -0.136. The average molecular weight is 385 g/mol. The van der Waals surface area contributed by atoms with E-state index in [1.165, 1.54) is 7.11 Å². The van der Waals surface area contributed by atoms with Gasteiger partial charge in [-0.3, -0.25) is 9.80 Å². The fourth-order valence-corrected chi connectivity index (χ4v) is 4.19. The lowest BCUT2D eigenvalue weighted by Crippen LogP contribution is -2.52. The standard InChI is InChI=1S/C21H27N3O4/c1-28-20(26)18-17(13-23-11-5-8-16(25)12-23)24(15-9-10-15)21(27)22-19(18)14-6-3-2-4-7-14/h2-4,6-7,15-16,19,25H,5,8-13H2,1H3,(H,22,27)/t16-,19-/m1/s1. The van der Waals surface area contributed by atoms with E-state index in [-0.39, 0.29) is 18.2 Å². The number of hydrogen-bond donors (Lipinski definition) is 2. The van der Waals surface area contributed by atoms with Crippen molar-refractivity contribution in [3.63, 3.8) is 0 Å². The summed E-state index contributed by atoms with van der Waals surface area (Å²) in [5.41, 5.74) is 2.05. The van der Waals surface area contributed by atoms with Crippen LogP contribution in [0.15, 0.2) is 41.6 Å². The Morgan fingerprint density at radius 2 is 2.00 bits per heavy atom. The number of nitrogens with zero attached hydrogens (tertiary/aromatic N) is 2. The van der Waals surface area contributed by atoms with E-state index in [1.54, 1.807) is 4.90 Å². The topological polar surface area (TPSA) is 82.1 Å². The Bertz CT molecular complexity index is 775. The van der Waals surface area contributed by atoms with Crippen molar-refractivity contribution < 1.29 is 19.4 Å². The van der Waals surface area contributed by atoms with E-state index in [1.807, 2.05) is 30.3 Å². The number of β-amino-alcohol motifs (C(OH)–C–C–N with tert-alkyl or cyclic N) is 1. The van der Waals surface area contributed by atoms with E-state index in [9.17, 15) is 14.7 Å². The molecule has 150 valence electrons. The van der Waals surface area contributed by atoms with Crippen LogP contribution in [0.3, 0.4) is 0 Å². The van der Waals surface area contributed by atoms with Crippen molar-refractivity contribution >= 4 is 12.0 Å². The number of benzene rings is 1. The van der Waals surface area contributed by atoms with Crippen LogP contribution in [0.1, 0.15) is 37.3 Å². The van der Waals surface area contributed by atoms with E-state index in [0.29, 0.717) is 24.4 Å². The van der Waals surface area contributed by atoms with E-state index < -0.39 is 12.0 Å². The molecule has 1 saturated heterocycles. The fourth-order valence-electron chi connectivity index (χ4n) is 4.19. The molecule has 0 aromatic heterocycles. The van der Waals surface area contributed by atoms with Gasteiger partial charge in [-0.15, -0.1) is 0 Å². The van der Waals surface area contributed by atoms with Crippen LogP contribution in [0, 0.1) is 0 Å². The molecular weight excluding hydrogens is 358 g/mol. The Morgan fingerprint density at radius 1 is 1.25 bits per heavy atom. The van der Waals surface area contributed by atoms with Gasteiger partial charge in [0, 0.05) is 24.8 Å². The van der Waals surface area contributed by atoms with Crippen molar-refractivity contribution in [3.8, 4) is 0 Å². The zero-order chi connectivity index (χ0) is 19.7. The van der Waals surface area contributed by atoms with E-state index in [2.05, 4.69) is 10.2 Å². The third-order valence-electron chi connectivity index (χ3n) is 5.68. The molecule has 2 N–H and O–H groups in total. The normalized spacial score (nSPS) is 26.2. The van der Waals surface area contributed by atoms with E-state index >= 15 is 0 Å². The Hall–Kier alpha value is -2.38. The maximum Gasteiger partial charge on any atom is 0.338 e. The van der Waals surface area contributed by atoms with E-state index in [4.69, 9.17) is 4.74 Å². The molecular formula is C21H27N3O4. The highest BCUT2D eigenvalue weighted by atomic mass is 16.5. The van der Waals surface area contributed by atoms with Crippen LogP contribution in [0.5, 0.6) is 0 Å². The SMILES string of the molecule is COC(=O)C1=C(CN2CCC[C@@H](O)C2)N(C2CC2)C(=O)N[C@@H]1c1ccccc1. The van der Waals surface area contributed by atoms with Gasteiger partial charge in [0.25, 0.3) is 0 Å². The zero-order valence-corrected chi connectivity index (χ0v) is 16.1. The van der Waals surface area contributed by atoms with Crippen LogP contribution in [0.4, 0.5) is 4.79 Å². The second kappa shape index (κ2) is 7.93. The van der Waals surface area contributed by atoms with Crippen molar-refractivity contribution in [3.05, 3.63) is 47.2 Å². The molecule has 2 aliphatic heterocycles. The number of hydrogen-bond acceptors (Lipinski definition) is 5. The van der Waals surface area contributed by atoms with Gasteiger partial charge in [-0.05, 0) is 37.8 Å². The lowest BCUT2D eigenvalue weighted by atomic mass is 9.93. The molecule has 2 amide bonds. The molecule has 4 rings (SSSR count). The number of carbonyl (C=O) groups is 2. The second-order valence-corrected chi connectivity index (χ2v) is 7.78. The van der Waals surface area contributed by atoms with Gasteiger partial charge in [0.05, 0.1) is 24.8 Å². The molecule has 1 aromatic carbocycles. The summed E-state index contributed by atoms with van der Waals surface area (Å²) in [5, 5.41) is 13.1. The van der Waals surface area contributed by atoms with Crippen LogP contribution in [-0.4, -0.2) is 65.8 Å². The van der Waals surface area contributed by atoms with Crippen molar-refractivity contribution in [2.45, 2.75) is 43.9 Å². The average Bonchev–Trinajstić information content (AvgIpc) is 3.53. The minimum Gasteiger partial charge on any atom is -0.466 e. The van der Waals surface area contributed by atoms with Gasteiger partial charge in [0.2, 0.25) is 0 Å². The summed E-state index contributed by atoms with van der Waals surface area (Å²) in [6.45, 7) is 1.84. The first kappa shape index (κ1) is 19.0. The number of rotatable bonds is 5. The van der Waals surface area contributed by atoms with Crippen molar-refractivity contribution in [2.24, 2.45) is 0 Å². The summed E-state index contributed by atoms with van der Waals surface area (Å²) in [5.74, 6) is -0.424. The van der Waals surface area contributed by atoms with Gasteiger partial charge in [-0.1, -0.05) is 30.3 Å². The molecule has 0 bridgehead atoms. The fraction of sp³-hybridized carbons (Fsp3) is 0.524. The number of piperidine rings is 1. The maximum absolute atomic E-state index is 13.0. The molecule has 2 heterocycles. The van der Waals surface area contributed by atoms with Gasteiger partial charge in [0.15, 0.2) is 0 Å². The molecule has 1 saturated carbocycles. The van der Waals surface area contributed by atoms with Gasteiger partial charge < -0.3 is 15.2 Å². The number of carbonyl (C=O) groups excluding carboxylic acids is 2. The van der Waals surface area contributed by atoms with Crippen LogP contribution < -0.4 is 5.32 Å². The number of ether oxygens (including phenoxy) is 1. The Kier molecular flexibility index (Phi) is 5.37. The predicted molar refractivity (Wildman–Crippen MR) is 103 cm³/mol. The molecule has 0 unspecified atom stereocenters. The summed E-state index contributed by atoms with van der Waals surface area (Å²) in [6, 6.07) is 8.92. The molecule has 3 aliphatic rings. The number of esters is 1. The minimum atomic E-state index is -0.541. The molecule has 1 aliphatic carbocycles. The third-order valence-corrected chi connectivity index (χ3v) is 5.68. The Morgan fingerprint density at radius 3 is 2.64 bits per heavy atom. The summed E-state index contributed by atoms with van der Waals surface area (Å²) in [4.78, 5) is 29.7. The van der Waals surface area contributed by atoms with Gasteiger partial charge in [-0.25, -0.2) is 9.59 Å². The molecule has 28 heavy (non-hydrogen) atoms. The number of aliphatic hydroxyl groups excluding tert-OH is 1. The van der Waals surface area contributed by atoms with Crippen LogP contribution >= 0.6 is 0 Å². The highest BCUT2D eigenvalue weighted by Gasteiger charge is 2.44. The number of amides is 2. The Balaban J connectivity index is 1.77. The van der Waals surface area contributed by atoms with Gasteiger partial charge in [0.1, 0.15) is 0 Å². The largest absolute Gasteiger partial charge is 0.466 e. The Labute approximate surface area is 164 Å². The van der Waals surface area contributed by atoms with Crippen molar-refractivity contribution in [2.75, 3.05) is 26.7 Å². The molecule has 2 fully saturated rings. The number of aliphatic hydroxyl groups is 1. The molecule has 1 aromatic rings. The predicted octanol–water partition coefficient (Wildman–Crippen LogP) is 1.80. The number of likely N-dealkylation sites (tertiary alicyclic amines) is 1. The summed E-state index contributed by atoms with van der Waals surface area (Å²) in [7, 11) is 1.37. The quantitative estimate of drug-likeness (QED) is 0.756. The minimum absolute atomic E-state index is 0.126. The third kappa shape index (κ3) is 3.77. The summed E-state index contributed by atoms with van der Waals surface area (Å²) < 4.78 is 5.12. The zero-order valence-electron chi connectivity index (χ0n) is 16.1. The van der Waals surface area contributed by atoms with Crippen LogP contribution in [0.25, 0.3) is 0 Å². The monoisotopic (exact) mass is 385 g/mol. The number of urea groups is 1. The molecule has 0 radical (unpaired) electrons. The summed E-state index contributed by atoms with van der Waals surface area (Å²) in [6.07, 6.45) is 3.19. The molecule has 7 heteroatoms. The second-order valence-electron chi connectivity index (χ2n) is 7.78. The maximum atomic E-state index is 13.0. The molecule has 2 atom stereocenters. The molecule has 7 nitrogen and oxygen atoms in total. The highest BCUT2D eigenvalue weighted by Crippen LogP contribution is 2.38. The van der Waals surface area contributed by atoms with Gasteiger partial charge in [-0.2, -0.15) is 0 Å². The van der Waals surface area contributed by atoms with Gasteiger partial charge >= 0.3 is 12.0 Å². The van der Waals surface area contributed by atoms with Crippen LogP contribution in [0.2, 0.25) is 0 Å². The smallest absolute Gasteiger partial charge is 0.338 e. The first-order valence-corrected chi connectivity index (χ1v) is 9.95. The van der Waals surface area contributed by atoms with E-state index in [0.717, 1.165) is 37.8 Å². The molecule has 0 spiro atoms. The van der Waals surface area contributed by atoms with Crippen LogP contribution in [-0.2, 0) is 9.53 Å².